The Morgan fingerprint density at radius 3 is 2.24 bits per heavy atom. The van der Waals surface area contributed by atoms with E-state index in [9.17, 15) is 4.21 Å². The monoisotopic (exact) mass is 253 g/mol. The van der Waals surface area contributed by atoms with E-state index < -0.39 is 10.8 Å². The second kappa shape index (κ2) is 6.92. The number of rotatable bonds is 6. The Balaban J connectivity index is 2.75. The molecule has 0 spiro atoms. The van der Waals surface area contributed by atoms with Crippen molar-refractivity contribution in [2.45, 2.75) is 38.5 Å². The third-order valence-corrected chi connectivity index (χ3v) is 4.71. The van der Waals surface area contributed by atoms with E-state index in [0.717, 1.165) is 6.42 Å². The fourth-order valence-corrected chi connectivity index (χ4v) is 2.76. The summed E-state index contributed by atoms with van der Waals surface area (Å²) in [7, 11) is 1.15. The lowest BCUT2D eigenvalue weighted by Gasteiger charge is -2.18. The van der Waals surface area contributed by atoms with E-state index in [2.05, 4.69) is 36.5 Å². The molecule has 0 bridgehead atoms. The zero-order valence-corrected chi connectivity index (χ0v) is 12.0. The van der Waals surface area contributed by atoms with E-state index in [0.29, 0.717) is 5.75 Å². The maximum Gasteiger partial charge on any atom is 0.0434 e. The third-order valence-electron chi connectivity index (χ3n) is 3.00. The van der Waals surface area contributed by atoms with Crippen LogP contribution in [0.15, 0.2) is 24.3 Å². The largest absolute Gasteiger partial charge is 0.312 e. The molecule has 2 atom stereocenters. The normalized spacial score (nSPS) is 14.9. The summed E-state index contributed by atoms with van der Waals surface area (Å²) in [6.45, 7) is 6.16. The molecule has 1 rings (SSSR count). The Hall–Kier alpha value is -0.670. The van der Waals surface area contributed by atoms with Crippen LogP contribution in [0.1, 0.15) is 37.9 Å². The van der Waals surface area contributed by atoms with E-state index in [4.69, 9.17) is 0 Å². The molecule has 17 heavy (non-hydrogen) atoms. The van der Waals surface area contributed by atoms with Gasteiger partial charge in [-0.05, 0) is 24.6 Å². The molecule has 0 aliphatic carbocycles. The highest BCUT2D eigenvalue weighted by Crippen LogP contribution is 2.16. The minimum absolute atomic E-state index is 0.184. The topological polar surface area (TPSA) is 29.1 Å². The highest BCUT2D eigenvalue weighted by molar-refractivity contribution is 7.85. The van der Waals surface area contributed by atoms with Crippen LogP contribution in [0.4, 0.5) is 0 Å². The van der Waals surface area contributed by atoms with Crippen LogP contribution in [0.25, 0.3) is 0 Å². The van der Waals surface area contributed by atoms with Crippen molar-refractivity contribution in [2.75, 3.05) is 12.8 Å². The Labute approximate surface area is 107 Å². The number of nitrogens with one attached hydrogen (secondary N) is 1. The lowest BCUT2D eigenvalue weighted by molar-refractivity contribution is 0.631. The number of aryl methyl sites for hydroxylation is 1. The minimum Gasteiger partial charge on any atom is -0.312 e. The van der Waals surface area contributed by atoms with Gasteiger partial charge in [0.05, 0.1) is 0 Å². The first-order chi connectivity index (χ1) is 8.08. The highest BCUT2D eigenvalue weighted by atomic mass is 32.2. The SMILES string of the molecule is CCc1ccc(C(CS(=O)C(C)C)NC)cc1. The van der Waals surface area contributed by atoms with Gasteiger partial charge in [0.25, 0.3) is 0 Å². The first-order valence-corrected chi connectivity index (χ1v) is 7.60. The lowest BCUT2D eigenvalue weighted by atomic mass is 10.1. The summed E-state index contributed by atoms with van der Waals surface area (Å²) >= 11 is 0. The average molecular weight is 253 g/mol. The van der Waals surface area contributed by atoms with Crippen molar-refractivity contribution in [1.29, 1.82) is 0 Å². The molecule has 1 aromatic carbocycles. The second-order valence-corrected chi connectivity index (χ2v) is 6.57. The molecule has 2 nitrogen and oxygen atoms in total. The van der Waals surface area contributed by atoms with Gasteiger partial charge >= 0.3 is 0 Å². The quantitative estimate of drug-likeness (QED) is 0.844. The van der Waals surface area contributed by atoms with Gasteiger partial charge < -0.3 is 5.32 Å². The summed E-state index contributed by atoms with van der Waals surface area (Å²) in [6, 6.07) is 8.76. The molecule has 0 radical (unpaired) electrons. The van der Waals surface area contributed by atoms with E-state index in [-0.39, 0.29) is 11.3 Å². The van der Waals surface area contributed by atoms with Crippen LogP contribution < -0.4 is 5.32 Å². The van der Waals surface area contributed by atoms with Gasteiger partial charge in [-0.15, -0.1) is 0 Å². The minimum atomic E-state index is -0.772. The van der Waals surface area contributed by atoms with Crippen molar-refractivity contribution in [1.82, 2.24) is 5.32 Å². The van der Waals surface area contributed by atoms with E-state index in [1.807, 2.05) is 20.9 Å². The molecule has 0 saturated heterocycles. The van der Waals surface area contributed by atoms with Gasteiger partial charge in [0.1, 0.15) is 0 Å². The maximum atomic E-state index is 11.9. The third kappa shape index (κ3) is 4.25. The summed E-state index contributed by atoms with van der Waals surface area (Å²) in [4.78, 5) is 0. The van der Waals surface area contributed by atoms with Crippen LogP contribution in [0.2, 0.25) is 0 Å². The molecule has 0 heterocycles. The smallest absolute Gasteiger partial charge is 0.0434 e. The average Bonchev–Trinajstić information content (AvgIpc) is 2.35. The zero-order valence-electron chi connectivity index (χ0n) is 11.2. The predicted molar refractivity (Wildman–Crippen MR) is 75.8 cm³/mol. The van der Waals surface area contributed by atoms with Crippen molar-refractivity contribution in [3.63, 3.8) is 0 Å². The van der Waals surface area contributed by atoms with Gasteiger partial charge in [0.15, 0.2) is 0 Å². The van der Waals surface area contributed by atoms with Crippen LogP contribution >= 0.6 is 0 Å². The van der Waals surface area contributed by atoms with Crippen LogP contribution in [0, 0.1) is 0 Å². The molecule has 0 aromatic heterocycles. The molecule has 1 N–H and O–H groups in total. The van der Waals surface area contributed by atoms with Crippen molar-refractivity contribution < 1.29 is 4.21 Å². The molecular formula is C14H23NOS. The molecule has 3 heteroatoms. The van der Waals surface area contributed by atoms with E-state index >= 15 is 0 Å². The number of benzene rings is 1. The number of hydrogen-bond acceptors (Lipinski definition) is 2. The number of hydrogen-bond donors (Lipinski definition) is 1. The standard InChI is InChI=1S/C14H23NOS/c1-5-12-6-8-13(9-7-12)14(15-4)10-17(16)11(2)3/h6-9,11,14-15H,5,10H2,1-4H3. The highest BCUT2D eigenvalue weighted by Gasteiger charge is 2.15. The van der Waals surface area contributed by atoms with Gasteiger partial charge in [-0.1, -0.05) is 45.0 Å². The van der Waals surface area contributed by atoms with Gasteiger partial charge in [-0.3, -0.25) is 4.21 Å². The molecular weight excluding hydrogens is 230 g/mol. The molecule has 0 fully saturated rings. The van der Waals surface area contributed by atoms with E-state index in [1.54, 1.807) is 0 Å². The van der Waals surface area contributed by atoms with Crippen LogP contribution in [0.3, 0.4) is 0 Å². The Morgan fingerprint density at radius 2 is 1.82 bits per heavy atom. The fourth-order valence-electron chi connectivity index (χ4n) is 1.69. The van der Waals surface area contributed by atoms with Crippen molar-refractivity contribution in [2.24, 2.45) is 0 Å². The van der Waals surface area contributed by atoms with Gasteiger partial charge in [0, 0.05) is 27.8 Å². The molecule has 1 aromatic rings. The molecule has 0 amide bonds. The Morgan fingerprint density at radius 1 is 1.24 bits per heavy atom. The maximum absolute atomic E-state index is 11.9. The van der Waals surface area contributed by atoms with Gasteiger partial charge in [-0.2, -0.15) is 0 Å². The van der Waals surface area contributed by atoms with Crippen molar-refractivity contribution >= 4 is 10.8 Å². The Bertz CT molecular complexity index is 359. The first-order valence-electron chi connectivity index (χ1n) is 6.21. The molecule has 2 unspecified atom stereocenters. The summed E-state index contributed by atoms with van der Waals surface area (Å²) in [5, 5.41) is 3.47. The van der Waals surface area contributed by atoms with Gasteiger partial charge in [-0.25, -0.2) is 0 Å². The summed E-state index contributed by atoms with van der Waals surface area (Å²) in [5.41, 5.74) is 2.56. The second-order valence-electron chi connectivity index (χ2n) is 4.53. The molecule has 0 saturated carbocycles. The Kier molecular flexibility index (Phi) is 5.86. The van der Waals surface area contributed by atoms with Crippen molar-refractivity contribution in [3.8, 4) is 0 Å². The van der Waals surface area contributed by atoms with Crippen LogP contribution in [-0.2, 0) is 17.2 Å². The summed E-state index contributed by atoms with van der Waals surface area (Å²) in [5.74, 6) is 0.680. The van der Waals surface area contributed by atoms with E-state index in [1.165, 1.54) is 11.1 Å². The van der Waals surface area contributed by atoms with Crippen LogP contribution in [-0.4, -0.2) is 22.3 Å². The molecule has 96 valence electrons. The fraction of sp³-hybridized carbons (Fsp3) is 0.571. The molecule has 0 aliphatic heterocycles. The van der Waals surface area contributed by atoms with Crippen LogP contribution in [0.5, 0.6) is 0 Å². The summed E-state index contributed by atoms with van der Waals surface area (Å²) < 4.78 is 11.9. The lowest BCUT2D eigenvalue weighted by Crippen LogP contribution is -2.25. The van der Waals surface area contributed by atoms with Gasteiger partial charge in [0.2, 0.25) is 0 Å². The van der Waals surface area contributed by atoms with Crippen molar-refractivity contribution in [3.05, 3.63) is 35.4 Å². The first kappa shape index (κ1) is 14.4. The zero-order chi connectivity index (χ0) is 12.8. The predicted octanol–water partition coefficient (Wildman–Crippen LogP) is 2.67. The summed E-state index contributed by atoms with van der Waals surface area (Å²) in [6.07, 6.45) is 1.06. The molecule has 0 aliphatic rings.